The van der Waals surface area contributed by atoms with E-state index in [1.807, 2.05) is 6.92 Å². The van der Waals surface area contributed by atoms with Crippen LogP contribution in [0.15, 0.2) is 12.1 Å². The summed E-state index contributed by atoms with van der Waals surface area (Å²) in [7, 11) is 3.08. The van der Waals surface area contributed by atoms with Crippen LogP contribution in [0.2, 0.25) is 0 Å². The van der Waals surface area contributed by atoms with Crippen LogP contribution in [0.3, 0.4) is 0 Å². The summed E-state index contributed by atoms with van der Waals surface area (Å²) in [4.78, 5) is 0. The van der Waals surface area contributed by atoms with Crippen LogP contribution in [0.4, 0.5) is 8.78 Å². The predicted octanol–water partition coefficient (Wildman–Crippen LogP) is 3.03. The van der Waals surface area contributed by atoms with Crippen LogP contribution in [0.25, 0.3) is 0 Å². The summed E-state index contributed by atoms with van der Waals surface area (Å²) >= 11 is 0. The Kier molecular flexibility index (Phi) is 4.68. The fourth-order valence-corrected chi connectivity index (χ4v) is 1.73. The molecule has 0 radical (unpaired) electrons. The molecule has 0 saturated heterocycles. The Labute approximate surface area is 94.6 Å². The van der Waals surface area contributed by atoms with E-state index in [0.29, 0.717) is 6.42 Å². The van der Waals surface area contributed by atoms with Crippen molar-refractivity contribution in [2.75, 3.05) is 14.2 Å². The zero-order valence-corrected chi connectivity index (χ0v) is 9.81. The lowest BCUT2D eigenvalue weighted by Crippen LogP contribution is -2.19. The third kappa shape index (κ3) is 2.70. The van der Waals surface area contributed by atoms with Crippen LogP contribution in [0.5, 0.6) is 5.75 Å². The van der Waals surface area contributed by atoms with Gasteiger partial charge in [-0.05, 0) is 13.5 Å². The average Bonchev–Trinajstić information content (AvgIpc) is 2.26. The highest BCUT2D eigenvalue weighted by atomic mass is 19.1. The zero-order chi connectivity index (χ0) is 12.1. The van der Waals surface area contributed by atoms with Crippen molar-refractivity contribution in [3.8, 4) is 5.75 Å². The summed E-state index contributed by atoms with van der Waals surface area (Å²) in [6, 6.07) is 2.12. The van der Waals surface area contributed by atoms with Crippen molar-refractivity contribution in [3.63, 3.8) is 0 Å². The number of hydrogen-bond donors (Lipinski definition) is 1. The molecule has 1 N–H and O–H groups in total. The number of rotatable bonds is 5. The Hall–Kier alpha value is -1.16. The third-order valence-corrected chi connectivity index (χ3v) is 2.56. The lowest BCUT2D eigenvalue weighted by atomic mass is 10.0. The minimum atomic E-state index is -0.565. The van der Waals surface area contributed by atoms with E-state index in [4.69, 9.17) is 4.74 Å². The SMILES string of the molecule is CCCC(NC)c1c(F)cc(OC)cc1F. The van der Waals surface area contributed by atoms with Crippen molar-refractivity contribution in [2.45, 2.75) is 25.8 Å². The van der Waals surface area contributed by atoms with Crippen LogP contribution in [0, 0.1) is 11.6 Å². The molecule has 0 bridgehead atoms. The number of ether oxygens (including phenoxy) is 1. The van der Waals surface area contributed by atoms with Gasteiger partial charge in [-0.15, -0.1) is 0 Å². The van der Waals surface area contributed by atoms with E-state index in [-0.39, 0.29) is 17.4 Å². The molecule has 0 heterocycles. The van der Waals surface area contributed by atoms with Crippen molar-refractivity contribution in [1.29, 1.82) is 0 Å². The predicted molar refractivity (Wildman–Crippen MR) is 59.6 cm³/mol. The van der Waals surface area contributed by atoms with Gasteiger partial charge in [0.2, 0.25) is 0 Å². The van der Waals surface area contributed by atoms with Crippen LogP contribution >= 0.6 is 0 Å². The first-order valence-electron chi connectivity index (χ1n) is 5.34. The molecule has 1 unspecified atom stereocenters. The van der Waals surface area contributed by atoms with E-state index in [2.05, 4.69) is 5.32 Å². The Morgan fingerprint density at radius 2 is 1.88 bits per heavy atom. The van der Waals surface area contributed by atoms with Gasteiger partial charge < -0.3 is 10.1 Å². The molecule has 0 aliphatic heterocycles. The fourth-order valence-electron chi connectivity index (χ4n) is 1.73. The number of benzene rings is 1. The first-order chi connectivity index (χ1) is 7.63. The lowest BCUT2D eigenvalue weighted by molar-refractivity contribution is 0.400. The molecule has 0 fully saturated rings. The highest BCUT2D eigenvalue weighted by molar-refractivity contribution is 5.32. The van der Waals surface area contributed by atoms with Gasteiger partial charge in [-0.3, -0.25) is 0 Å². The first kappa shape index (κ1) is 12.9. The second-order valence-corrected chi connectivity index (χ2v) is 3.63. The summed E-state index contributed by atoms with van der Waals surface area (Å²) < 4.78 is 32.2. The first-order valence-corrected chi connectivity index (χ1v) is 5.34. The monoisotopic (exact) mass is 229 g/mol. The molecule has 0 saturated carbocycles. The largest absolute Gasteiger partial charge is 0.497 e. The van der Waals surface area contributed by atoms with Gasteiger partial charge in [0.1, 0.15) is 17.4 Å². The average molecular weight is 229 g/mol. The molecule has 0 aliphatic carbocycles. The molecule has 90 valence electrons. The molecule has 0 aromatic heterocycles. The van der Waals surface area contributed by atoms with Crippen molar-refractivity contribution in [1.82, 2.24) is 5.32 Å². The number of hydrogen-bond acceptors (Lipinski definition) is 2. The van der Waals surface area contributed by atoms with E-state index in [1.54, 1.807) is 7.05 Å². The van der Waals surface area contributed by atoms with Crippen molar-refractivity contribution < 1.29 is 13.5 Å². The second kappa shape index (κ2) is 5.80. The molecular weight excluding hydrogens is 212 g/mol. The standard InChI is InChI=1S/C12H17F2NO/c1-4-5-11(15-2)12-9(13)6-8(16-3)7-10(12)14/h6-7,11,15H,4-5H2,1-3H3. The van der Waals surface area contributed by atoms with E-state index in [1.165, 1.54) is 19.2 Å². The molecule has 1 aromatic carbocycles. The van der Waals surface area contributed by atoms with Crippen molar-refractivity contribution >= 4 is 0 Å². The van der Waals surface area contributed by atoms with Crippen LogP contribution in [0.1, 0.15) is 31.4 Å². The maximum atomic E-state index is 13.7. The fraction of sp³-hybridized carbons (Fsp3) is 0.500. The van der Waals surface area contributed by atoms with E-state index in [0.717, 1.165) is 6.42 Å². The Balaban J connectivity index is 3.11. The van der Waals surface area contributed by atoms with Gasteiger partial charge in [0, 0.05) is 23.7 Å². The van der Waals surface area contributed by atoms with Crippen molar-refractivity contribution in [3.05, 3.63) is 29.3 Å². The number of nitrogens with one attached hydrogen (secondary N) is 1. The molecule has 2 nitrogen and oxygen atoms in total. The third-order valence-electron chi connectivity index (χ3n) is 2.56. The maximum Gasteiger partial charge on any atom is 0.134 e. The molecule has 1 aromatic rings. The Bertz CT molecular complexity index is 332. The summed E-state index contributed by atoms with van der Waals surface area (Å²) in [5, 5.41) is 2.92. The van der Waals surface area contributed by atoms with Gasteiger partial charge in [0.15, 0.2) is 0 Å². The highest BCUT2D eigenvalue weighted by Crippen LogP contribution is 2.27. The van der Waals surface area contributed by atoms with Gasteiger partial charge in [0.05, 0.1) is 7.11 Å². The minimum Gasteiger partial charge on any atom is -0.497 e. The van der Waals surface area contributed by atoms with Gasteiger partial charge >= 0.3 is 0 Å². The molecule has 0 spiro atoms. The summed E-state index contributed by atoms with van der Waals surface area (Å²) in [5.41, 5.74) is 0.0881. The van der Waals surface area contributed by atoms with Gasteiger partial charge in [-0.2, -0.15) is 0 Å². The van der Waals surface area contributed by atoms with Crippen LogP contribution in [-0.4, -0.2) is 14.2 Å². The number of halogens is 2. The van der Waals surface area contributed by atoms with E-state index < -0.39 is 11.6 Å². The lowest BCUT2D eigenvalue weighted by Gasteiger charge is -2.17. The molecule has 16 heavy (non-hydrogen) atoms. The molecule has 0 aliphatic rings. The van der Waals surface area contributed by atoms with E-state index in [9.17, 15) is 8.78 Å². The topological polar surface area (TPSA) is 21.3 Å². The zero-order valence-electron chi connectivity index (χ0n) is 9.81. The summed E-state index contributed by atoms with van der Waals surface area (Å²) in [5.74, 6) is -0.931. The Morgan fingerprint density at radius 1 is 1.31 bits per heavy atom. The molecule has 1 atom stereocenters. The Morgan fingerprint density at radius 3 is 2.25 bits per heavy atom. The maximum absolute atomic E-state index is 13.7. The van der Waals surface area contributed by atoms with Crippen molar-refractivity contribution in [2.24, 2.45) is 0 Å². The van der Waals surface area contributed by atoms with Gasteiger partial charge in [-0.25, -0.2) is 8.78 Å². The smallest absolute Gasteiger partial charge is 0.134 e. The van der Waals surface area contributed by atoms with Crippen LogP contribution < -0.4 is 10.1 Å². The van der Waals surface area contributed by atoms with E-state index >= 15 is 0 Å². The summed E-state index contributed by atoms with van der Waals surface area (Å²) in [6.45, 7) is 1.98. The number of methoxy groups -OCH3 is 1. The second-order valence-electron chi connectivity index (χ2n) is 3.63. The quantitative estimate of drug-likeness (QED) is 0.838. The normalized spacial score (nSPS) is 12.6. The minimum absolute atomic E-state index is 0.0881. The molecular formula is C12H17F2NO. The molecule has 0 amide bonds. The van der Waals surface area contributed by atoms with Gasteiger partial charge in [0.25, 0.3) is 0 Å². The van der Waals surface area contributed by atoms with Crippen LogP contribution in [-0.2, 0) is 0 Å². The summed E-state index contributed by atoms with van der Waals surface area (Å²) in [6.07, 6.45) is 1.55. The molecule has 4 heteroatoms. The highest BCUT2D eigenvalue weighted by Gasteiger charge is 2.19. The molecule has 1 rings (SSSR count). The van der Waals surface area contributed by atoms with Gasteiger partial charge in [-0.1, -0.05) is 13.3 Å².